The number of imidazole rings is 1. The number of ether oxygens (including phenoxy) is 2. The third kappa shape index (κ3) is 5.91. The van der Waals surface area contributed by atoms with Crippen molar-refractivity contribution in [2.45, 2.75) is 58.2 Å². The molecule has 2 atom stereocenters. The van der Waals surface area contributed by atoms with Crippen LogP contribution in [-0.2, 0) is 16.0 Å². The molecule has 2 unspecified atom stereocenters. The lowest BCUT2D eigenvalue weighted by molar-refractivity contribution is 0.0530. The van der Waals surface area contributed by atoms with Crippen LogP contribution in [0.25, 0.3) is 11.2 Å². The van der Waals surface area contributed by atoms with Gasteiger partial charge in [0.15, 0.2) is 23.1 Å². The number of carboxylic acid groups (broad SMARTS) is 1. The summed E-state index contributed by atoms with van der Waals surface area (Å²) in [6, 6.07) is 10.3. The van der Waals surface area contributed by atoms with E-state index in [4.69, 9.17) is 24.9 Å². The van der Waals surface area contributed by atoms with Crippen LogP contribution in [0.2, 0.25) is 0 Å². The zero-order valence-electron chi connectivity index (χ0n) is 24.3. The average molecular weight is 577 g/mol. The first-order valence-electron chi connectivity index (χ1n) is 15.0. The van der Waals surface area contributed by atoms with Crippen LogP contribution in [0.5, 0.6) is 0 Å². The van der Waals surface area contributed by atoms with Gasteiger partial charge in [0.2, 0.25) is 5.95 Å². The highest BCUT2D eigenvalue weighted by Crippen LogP contribution is 2.38. The van der Waals surface area contributed by atoms with E-state index >= 15 is 0 Å². The molecule has 6 rings (SSSR count). The first-order valence-corrected chi connectivity index (χ1v) is 15.0. The van der Waals surface area contributed by atoms with E-state index in [1.165, 1.54) is 12.8 Å². The Labute approximate surface area is 245 Å². The van der Waals surface area contributed by atoms with Crippen molar-refractivity contribution in [3.8, 4) is 0 Å². The number of nitrogens with zero attached hydrogens (tertiary/aromatic N) is 6. The summed E-state index contributed by atoms with van der Waals surface area (Å²) in [6.45, 7) is 8.76. The monoisotopic (exact) mass is 576 g/mol. The summed E-state index contributed by atoms with van der Waals surface area (Å²) in [6.07, 6.45) is 3.40. The van der Waals surface area contributed by atoms with Gasteiger partial charge in [0.05, 0.1) is 32.0 Å². The smallest absolute Gasteiger partial charge is 0.410 e. The van der Waals surface area contributed by atoms with Crippen molar-refractivity contribution in [3.63, 3.8) is 0 Å². The Bertz CT molecular complexity index is 1420. The Morgan fingerprint density at radius 3 is 2.60 bits per heavy atom. The van der Waals surface area contributed by atoms with Crippen LogP contribution < -0.4 is 15.1 Å². The second-order valence-corrected chi connectivity index (χ2v) is 11.8. The minimum atomic E-state index is -1.33. The Hall–Kier alpha value is -3.77. The summed E-state index contributed by atoms with van der Waals surface area (Å²) in [5.74, 6) is 2.34. The standard InChI is InChI=1S/C30H40N8O4/c1-19-8-10-21(11-9-19)17-38-24-26(35-29(38)37-13-14-41-18-23(37)22-6-4-3-5-7-22)33-27(25(31)32-30(39)40)34-28(24)36-12-15-42-20(2)16-36/h3-7,19-21,23H,8-18H2,1-2H3,(H2,31,32)(H,39,40). The number of morpholine rings is 2. The number of nitrogens with one attached hydrogen (secondary N) is 2. The molecule has 0 spiro atoms. The highest BCUT2D eigenvalue weighted by Gasteiger charge is 2.33. The Balaban J connectivity index is 1.52. The SMILES string of the molecule is CC1CCC(Cn2c(N3CCOCC3c3ccccc3)nc3nc(C(=N)NC(=O)O)nc(N4CCOC(C)C4)c32)CC1. The van der Waals surface area contributed by atoms with E-state index < -0.39 is 6.09 Å². The number of amides is 1. The van der Waals surface area contributed by atoms with E-state index in [0.717, 1.165) is 42.3 Å². The first-order chi connectivity index (χ1) is 20.4. The van der Waals surface area contributed by atoms with Gasteiger partial charge in [-0.3, -0.25) is 10.7 Å². The predicted octanol–water partition coefficient (Wildman–Crippen LogP) is 4.05. The van der Waals surface area contributed by atoms with Gasteiger partial charge in [0.25, 0.3) is 0 Å². The van der Waals surface area contributed by atoms with Gasteiger partial charge >= 0.3 is 6.09 Å². The fourth-order valence-electron chi connectivity index (χ4n) is 6.47. The van der Waals surface area contributed by atoms with Crippen molar-refractivity contribution in [1.82, 2.24) is 24.8 Å². The Kier molecular flexibility index (Phi) is 8.25. The van der Waals surface area contributed by atoms with Gasteiger partial charge in [-0.1, -0.05) is 50.1 Å². The number of aromatic nitrogens is 4. The normalized spacial score (nSPS) is 25.0. The molecule has 3 N–H and O–H groups in total. The molecule has 1 aliphatic carbocycles. The summed E-state index contributed by atoms with van der Waals surface area (Å²) >= 11 is 0. The van der Waals surface area contributed by atoms with Gasteiger partial charge in [0, 0.05) is 26.2 Å². The third-order valence-corrected chi connectivity index (χ3v) is 8.71. The topological polar surface area (TPSA) is 142 Å². The van der Waals surface area contributed by atoms with Crippen molar-refractivity contribution < 1.29 is 19.4 Å². The van der Waals surface area contributed by atoms with Gasteiger partial charge in [-0.05, 0) is 37.2 Å². The zero-order valence-corrected chi connectivity index (χ0v) is 24.3. The zero-order chi connectivity index (χ0) is 29.2. The lowest BCUT2D eigenvalue weighted by Crippen LogP contribution is -2.42. The van der Waals surface area contributed by atoms with Crippen molar-refractivity contribution in [1.29, 1.82) is 5.41 Å². The van der Waals surface area contributed by atoms with Crippen molar-refractivity contribution >= 4 is 34.9 Å². The molecule has 1 amide bonds. The molecular weight excluding hydrogens is 536 g/mol. The van der Waals surface area contributed by atoms with Gasteiger partial charge in [0.1, 0.15) is 5.52 Å². The minimum absolute atomic E-state index is 0.00110. The molecule has 12 nitrogen and oxygen atoms in total. The van der Waals surface area contributed by atoms with Crippen molar-refractivity contribution in [2.75, 3.05) is 49.3 Å². The number of hydrogen-bond donors (Lipinski definition) is 3. The molecule has 1 aromatic carbocycles. The Morgan fingerprint density at radius 1 is 1.07 bits per heavy atom. The number of amidine groups is 1. The molecule has 3 fully saturated rings. The highest BCUT2D eigenvalue weighted by atomic mass is 16.5. The molecule has 0 bridgehead atoms. The van der Waals surface area contributed by atoms with Gasteiger partial charge < -0.3 is 28.9 Å². The van der Waals surface area contributed by atoms with Crippen molar-refractivity contribution in [2.24, 2.45) is 11.8 Å². The molecule has 42 heavy (non-hydrogen) atoms. The summed E-state index contributed by atoms with van der Waals surface area (Å²) < 4.78 is 14.1. The fourth-order valence-corrected chi connectivity index (χ4v) is 6.47. The quantitative estimate of drug-likeness (QED) is 0.293. The molecule has 224 valence electrons. The molecule has 3 aromatic rings. The number of fused-ring (bicyclic) bond motifs is 1. The highest BCUT2D eigenvalue weighted by molar-refractivity contribution is 6.03. The maximum absolute atomic E-state index is 11.4. The maximum atomic E-state index is 11.4. The summed E-state index contributed by atoms with van der Waals surface area (Å²) in [4.78, 5) is 30.5. The van der Waals surface area contributed by atoms with Crippen LogP contribution in [0.3, 0.4) is 0 Å². The van der Waals surface area contributed by atoms with Crippen LogP contribution in [0, 0.1) is 17.2 Å². The molecule has 3 aliphatic rings. The third-order valence-electron chi connectivity index (χ3n) is 8.71. The van der Waals surface area contributed by atoms with E-state index in [1.807, 2.05) is 25.1 Å². The molecule has 2 aliphatic heterocycles. The van der Waals surface area contributed by atoms with Crippen LogP contribution >= 0.6 is 0 Å². The molecule has 1 saturated carbocycles. The summed E-state index contributed by atoms with van der Waals surface area (Å²) in [5.41, 5.74) is 2.44. The largest absolute Gasteiger partial charge is 0.465 e. The van der Waals surface area contributed by atoms with Crippen molar-refractivity contribution in [3.05, 3.63) is 41.7 Å². The maximum Gasteiger partial charge on any atom is 0.410 e. The second kappa shape index (κ2) is 12.2. The Morgan fingerprint density at radius 2 is 1.86 bits per heavy atom. The van der Waals surface area contributed by atoms with Crippen LogP contribution in [0.1, 0.15) is 57.0 Å². The van der Waals surface area contributed by atoms with Crippen LogP contribution in [0.15, 0.2) is 30.3 Å². The number of hydrogen-bond acceptors (Lipinski definition) is 9. The van der Waals surface area contributed by atoms with E-state index in [9.17, 15) is 9.90 Å². The molecule has 4 heterocycles. The van der Waals surface area contributed by atoms with Crippen LogP contribution in [0.4, 0.5) is 16.6 Å². The predicted molar refractivity (Wildman–Crippen MR) is 159 cm³/mol. The van der Waals surface area contributed by atoms with Gasteiger partial charge in [-0.25, -0.2) is 14.8 Å². The lowest BCUT2D eigenvalue weighted by Gasteiger charge is -2.38. The first kappa shape index (κ1) is 28.4. The number of anilines is 2. The van der Waals surface area contributed by atoms with Crippen LogP contribution in [-0.4, -0.2) is 82.1 Å². The number of carbonyl (C=O) groups is 1. The number of benzene rings is 1. The molecular formula is C30H40N8O4. The molecule has 12 heteroatoms. The van der Waals surface area contributed by atoms with Gasteiger partial charge in [-0.2, -0.15) is 4.98 Å². The summed E-state index contributed by atoms with van der Waals surface area (Å²) in [7, 11) is 0. The van der Waals surface area contributed by atoms with E-state index in [1.54, 1.807) is 0 Å². The molecule has 0 radical (unpaired) electrons. The second-order valence-electron chi connectivity index (χ2n) is 11.8. The summed E-state index contributed by atoms with van der Waals surface area (Å²) in [5, 5.41) is 19.8. The van der Waals surface area contributed by atoms with E-state index in [-0.39, 0.29) is 23.8 Å². The number of rotatable bonds is 6. The average Bonchev–Trinajstić information content (AvgIpc) is 3.36. The van der Waals surface area contributed by atoms with Gasteiger partial charge in [-0.15, -0.1) is 0 Å². The minimum Gasteiger partial charge on any atom is -0.465 e. The fraction of sp³-hybridized carbons (Fsp3) is 0.567. The molecule has 2 saturated heterocycles. The molecule has 2 aromatic heterocycles. The van der Waals surface area contributed by atoms with E-state index in [2.05, 4.69) is 43.7 Å². The lowest BCUT2D eigenvalue weighted by atomic mass is 9.83. The van der Waals surface area contributed by atoms with E-state index in [0.29, 0.717) is 56.8 Å².